The van der Waals surface area contributed by atoms with Gasteiger partial charge >= 0.3 is 5.97 Å². The number of carbonyl (C=O) groups is 2. The quantitative estimate of drug-likeness (QED) is 0.213. The Balaban J connectivity index is 1.48. The standard InChI is InChI=1S/C32H37NO4/c1-6-8-12-21-22-13-9-10-14-23(22)28-24(21)15-11-16-26(28)37-18-25-20(5)29-27(19(3)4)31(34)33(29)30(25)32(35)36-17-7-2/h7,9-11,13-16,19-21,27,29H,2,6,8,12,17-18H2,1,3-5H3/t20-,21?,27+,29?/m0/s1. The van der Waals surface area contributed by atoms with Crippen molar-refractivity contribution in [3.8, 4) is 16.9 Å². The molecule has 0 radical (unpaired) electrons. The van der Waals surface area contributed by atoms with Crippen molar-refractivity contribution < 1.29 is 19.1 Å². The maximum atomic E-state index is 13.1. The first kappa shape index (κ1) is 25.3. The highest BCUT2D eigenvalue weighted by atomic mass is 16.5. The molecule has 5 rings (SSSR count). The largest absolute Gasteiger partial charge is 0.488 e. The van der Waals surface area contributed by atoms with Gasteiger partial charge in [-0.1, -0.05) is 89.6 Å². The van der Waals surface area contributed by atoms with Crippen molar-refractivity contribution in [3.63, 3.8) is 0 Å². The number of hydrogen-bond acceptors (Lipinski definition) is 4. The minimum absolute atomic E-state index is 0.000647. The van der Waals surface area contributed by atoms with E-state index >= 15 is 0 Å². The van der Waals surface area contributed by atoms with Crippen molar-refractivity contribution in [1.82, 2.24) is 4.90 Å². The summed E-state index contributed by atoms with van der Waals surface area (Å²) in [5.74, 6) is 0.835. The molecule has 4 atom stereocenters. The molecule has 194 valence electrons. The molecule has 0 spiro atoms. The molecule has 3 aliphatic rings. The summed E-state index contributed by atoms with van der Waals surface area (Å²) >= 11 is 0. The molecular weight excluding hydrogens is 462 g/mol. The third kappa shape index (κ3) is 4.09. The van der Waals surface area contributed by atoms with Crippen LogP contribution in [0.5, 0.6) is 5.75 Å². The number of amides is 1. The van der Waals surface area contributed by atoms with Crippen LogP contribution in [0.4, 0.5) is 0 Å². The van der Waals surface area contributed by atoms with E-state index in [0.717, 1.165) is 29.7 Å². The lowest BCUT2D eigenvalue weighted by Crippen LogP contribution is -2.62. The van der Waals surface area contributed by atoms with Gasteiger partial charge in [0, 0.05) is 23.0 Å². The molecule has 2 heterocycles. The monoisotopic (exact) mass is 499 g/mol. The van der Waals surface area contributed by atoms with Crippen LogP contribution < -0.4 is 4.74 Å². The molecule has 2 aromatic rings. The van der Waals surface area contributed by atoms with E-state index in [1.807, 2.05) is 6.07 Å². The van der Waals surface area contributed by atoms with Crippen LogP contribution in [0.25, 0.3) is 11.1 Å². The molecule has 0 saturated carbocycles. The van der Waals surface area contributed by atoms with Crippen LogP contribution in [0.2, 0.25) is 0 Å². The molecule has 0 N–H and O–H groups in total. The van der Waals surface area contributed by atoms with Gasteiger partial charge in [0.05, 0.1) is 12.0 Å². The second kappa shape index (κ2) is 10.2. The Hall–Kier alpha value is -3.34. The number of unbranched alkanes of at least 4 members (excludes halogenated alkanes) is 1. The predicted molar refractivity (Wildman–Crippen MR) is 145 cm³/mol. The average molecular weight is 500 g/mol. The molecule has 2 unspecified atom stereocenters. The fraction of sp³-hybridized carbons (Fsp3) is 0.438. The maximum absolute atomic E-state index is 13.1. The predicted octanol–water partition coefficient (Wildman–Crippen LogP) is 6.48. The van der Waals surface area contributed by atoms with Crippen molar-refractivity contribution in [3.05, 3.63) is 77.5 Å². The van der Waals surface area contributed by atoms with Gasteiger partial charge in [-0.05, 0) is 35.1 Å². The lowest BCUT2D eigenvalue weighted by molar-refractivity contribution is -0.160. The van der Waals surface area contributed by atoms with E-state index in [0.29, 0.717) is 11.6 Å². The first-order valence-electron chi connectivity index (χ1n) is 13.6. The number of rotatable bonds is 10. The fourth-order valence-corrected chi connectivity index (χ4v) is 6.53. The Morgan fingerprint density at radius 1 is 1.14 bits per heavy atom. The molecule has 1 fully saturated rings. The van der Waals surface area contributed by atoms with Gasteiger partial charge in [-0.15, -0.1) is 0 Å². The van der Waals surface area contributed by atoms with E-state index < -0.39 is 5.97 Å². The molecule has 2 aromatic carbocycles. The third-order valence-electron chi connectivity index (χ3n) is 8.31. The number of fused-ring (bicyclic) bond motifs is 4. The Bertz CT molecular complexity index is 1260. The van der Waals surface area contributed by atoms with Crippen LogP contribution >= 0.6 is 0 Å². The Kier molecular flexibility index (Phi) is 6.98. The minimum Gasteiger partial charge on any atom is -0.488 e. The average Bonchev–Trinajstić information content (AvgIpc) is 3.34. The van der Waals surface area contributed by atoms with Crippen molar-refractivity contribution in [2.24, 2.45) is 17.8 Å². The third-order valence-corrected chi connectivity index (χ3v) is 8.31. The maximum Gasteiger partial charge on any atom is 0.355 e. The number of carbonyl (C=O) groups excluding carboxylic acids is 2. The second-order valence-corrected chi connectivity index (χ2v) is 10.8. The summed E-state index contributed by atoms with van der Waals surface area (Å²) in [7, 11) is 0. The summed E-state index contributed by atoms with van der Waals surface area (Å²) in [5, 5.41) is 0. The Morgan fingerprint density at radius 2 is 1.89 bits per heavy atom. The van der Waals surface area contributed by atoms with E-state index in [4.69, 9.17) is 9.47 Å². The second-order valence-electron chi connectivity index (χ2n) is 10.8. The van der Waals surface area contributed by atoms with E-state index in [9.17, 15) is 9.59 Å². The molecule has 5 nitrogen and oxygen atoms in total. The number of hydrogen-bond donors (Lipinski definition) is 0. The van der Waals surface area contributed by atoms with Gasteiger partial charge in [0.2, 0.25) is 5.91 Å². The van der Waals surface area contributed by atoms with Gasteiger partial charge in [-0.3, -0.25) is 4.79 Å². The first-order valence-corrected chi connectivity index (χ1v) is 13.6. The zero-order valence-corrected chi connectivity index (χ0v) is 22.3. The highest BCUT2D eigenvalue weighted by molar-refractivity contribution is 6.00. The van der Waals surface area contributed by atoms with E-state index in [1.165, 1.54) is 23.1 Å². The van der Waals surface area contributed by atoms with Crippen molar-refractivity contribution in [1.29, 1.82) is 0 Å². The van der Waals surface area contributed by atoms with Gasteiger partial charge in [0.25, 0.3) is 0 Å². The zero-order chi connectivity index (χ0) is 26.3. The SMILES string of the molecule is C=CCOC(=O)C1=C(COc2cccc3c2-c2ccccc2C3CCCC)[C@H](C)C2[C@@H](C(C)C)C(=O)N12. The topological polar surface area (TPSA) is 55.8 Å². The van der Waals surface area contributed by atoms with Crippen LogP contribution in [0.3, 0.4) is 0 Å². The van der Waals surface area contributed by atoms with Crippen molar-refractivity contribution >= 4 is 11.9 Å². The summed E-state index contributed by atoms with van der Waals surface area (Å²) in [5.41, 5.74) is 6.24. The van der Waals surface area contributed by atoms with E-state index in [-0.39, 0.29) is 42.9 Å². The lowest BCUT2D eigenvalue weighted by atomic mass is 9.74. The molecule has 1 aliphatic carbocycles. The first-order chi connectivity index (χ1) is 17.9. The number of ether oxygens (including phenoxy) is 2. The summed E-state index contributed by atoms with van der Waals surface area (Å²) in [6.45, 7) is 12.4. The molecule has 1 amide bonds. The van der Waals surface area contributed by atoms with E-state index in [1.54, 1.807) is 11.0 Å². The van der Waals surface area contributed by atoms with Gasteiger partial charge in [0.15, 0.2) is 0 Å². The van der Waals surface area contributed by atoms with Gasteiger partial charge in [-0.25, -0.2) is 4.79 Å². The van der Waals surface area contributed by atoms with Crippen LogP contribution in [0, 0.1) is 17.8 Å². The number of nitrogens with zero attached hydrogens (tertiary/aromatic N) is 1. The number of β-lactam (4-membered cyclic amide) rings is 1. The number of esters is 1. The van der Waals surface area contributed by atoms with Crippen LogP contribution in [-0.4, -0.2) is 36.0 Å². The Labute approximate surface area is 220 Å². The summed E-state index contributed by atoms with van der Waals surface area (Å²) in [6.07, 6.45) is 4.99. The minimum atomic E-state index is -0.480. The van der Waals surface area contributed by atoms with Crippen molar-refractivity contribution in [2.75, 3.05) is 13.2 Å². The lowest BCUT2D eigenvalue weighted by Gasteiger charge is -2.47. The summed E-state index contributed by atoms with van der Waals surface area (Å²) in [6, 6.07) is 14.9. The normalized spacial score (nSPS) is 23.5. The molecule has 2 aliphatic heterocycles. The summed E-state index contributed by atoms with van der Waals surface area (Å²) < 4.78 is 11.9. The van der Waals surface area contributed by atoms with Crippen LogP contribution in [0.15, 0.2) is 66.4 Å². The van der Waals surface area contributed by atoms with E-state index in [2.05, 4.69) is 70.7 Å². The molecule has 1 saturated heterocycles. The summed E-state index contributed by atoms with van der Waals surface area (Å²) in [4.78, 5) is 27.8. The smallest absolute Gasteiger partial charge is 0.355 e. The zero-order valence-electron chi connectivity index (χ0n) is 22.3. The molecule has 0 aromatic heterocycles. The van der Waals surface area contributed by atoms with Crippen molar-refractivity contribution in [2.45, 2.75) is 58.9 Å². The Morgan fingerprint density at radius 3 is 2.62 bits per heavy atom. The van der Waals surface area contributed by atoms with Gasteiger partial charge in [-0.2, -0.15) is 0 Å². The number of benzene rings is 2. The van der Waals surface area contributed by atoms with Gasteiger partial charge < -0.3 is 14.4 Å². The molecule has 0 bridgehead atoms. The molecule has 37 heavy (non-hydrogen) atoms. The highest BCUT2D eigenvalue weighted by Crippen LogP contribution is 2.52. The molecule has 5 heteroatoms. The molecular formula is C32H37NO4. The van der Waals surface area contributed by atoms with Gasteiger partial charge in [0.1, 0.15) is 24.7 Å². The van der Waals surface area contributed by atoms with Crippen LogP contribution in [-0.2, 0) is 14.3 Å². The fourth-order valence-electron chi connectivity index (χ4n) is 6.53. The van der Waals surface area contributed by atoms with Crippen LogP contribution in [0.1, 0.15) is 64.0 Å². The highest BCUT2D eigenvalue weighted by Gasteiger charge is 2.59.